The van der Waals surface area contributed by atoms with Crippen LogP contribution in [0.2, 0.25) is 5.02 Å². The Kier molecular flexibility index (Phi) is 6.31. The number of allylic oxidation sites excluding steroid dienone is 2. The zero-order chi connectivity index (χ0) is 28.1. The molecule has 0 saturated carbocycles. The quantitative estimate of drug-likeness (QED) is 0.319. The molecular weight excluding hydrogens is 528 g/mol. The van der Waals surface area contributed by atoms with Crippen LogP contribution in [0.5, 0.6) is 0 Å². The highest BCUT2D eigenvalue weighted by Gasteiger charge is 2.63. The molecule has 3 aromatic carbocycles. The first-order valence-electron chi connectivity index (χ1n) is 12.8. The van der Waals surface area contributed by atoms with Crippen LogP contribution < -0.4 is 4.90 Å². The molecule has 2 fully saturated rings. The zero-order valence-electron chi connectivity index (χ0n) is 21.4. The number of ketones is 3. The second kappa shape index (κ2) is 9.84. The van der Waals surface area contributed by atoms with Gasteiger partial charge in [0.15, 0.2) is 17.3 Å². The van der Waals surface area contributed by atoms with E-state index in [4.69, 9.17) is 11.6 Å². The van der Waals surface area contributed by atoms with Crippen molar-refractivity contribution < 1.29 is 24.0 Å². The highest BCUT2D eigenvalue weighted by molar-refractivity contribution is 6.30. The number of halogens is 1. The molecule has 0 unspecified atom stereocenters. The van der Waals surface area contributed by atoms with Gasteiger partial charge in [-0.15, -0.1) is 0 Å². The third-order valence-corrected chi connectivity index (χ3v) is 8.03. The SMILES string of the molecule is CC(=O)c1ccc(N2C(=O)[C@@H]3[C@@H](C2=O)[C@@H]2C=C(C(=O)c4ccccc4)C=CN2[C@@H]3C(=O)c2ccc(Cl)cc2)cc1. The van der Waals surface area contributed by atoms with Crippen molar-refractivity contribution in [3.8, 4) is 0 Å². The number of Topliss-reactive ketones (excluding diaryl/α,β-unsaturated/α-hetero) is 3. The van der Waals surface area contributed by atoms with Crippen LogP contribution in [0.15, 0.2) is 103 Å². The van der Waals surface area contributed by atoms with Gasteiger partial charge in [0, 0.05) is 33.5 Å². The summed E-state index contributed by atoms with van der Waals surface area (Å²) in [7, 11) is 0. The average molecular weight is 551 g/mol. The van der Waals surface area contributed by atoms with E-state index < -0.39 is 35.7 Å². The molecule has 8 heteroatoms. The topological polar surface area (TPSA) is 91.8 Å². The van der Waals surface area contributed by atoms with Crippen molar-refractivity contribution >= 4 is 46.5 Å². The average Bonchev–Trinajstić information content (AvgIpc) is 3.44. The molecule has 4 atom stereocenters. The van der Waals surface area contributed by atoms with Crippen molar-refractivity contribution in [2.45, 2.75) is 19.0 Å². The molecular formula is C32H23ClN2O5. The molecule has 7 nitrogen and oxygen atoms in total. The Morgan fingerprint density at radius 2 is 1.38 bits per heavy atom. The Morgan fingerprint density at radius 1 is 0.750 bits per heavy atom. The number of imide groups is 1. The van der Waals surface area contributed by atoms with Crippen LogP contribution >= 0.6 is 11.6 Å². The Balaban J connectivity index is 1.42. The molecule has 0 aliphatic carbocycles. The van der Waals surface area contributed by atoms with Crippen molar-refractivity contribution in [3.63, 3.8) is 0 Å². The molecule has 0 spiro atoms. The number of hydrogen-bond acceptors (Lipinski definition) is 6. The second-order valence-corrected chi connectivity index (χ2v) is 10.5. The summed E-state index contributed by atoms with van der Waals surface area (Å²) in [4.78, 5) is 69.5. The van der Waals surface area contributed by atoms with Crippen LogP contribution in [0.25, 0.3) is 0 Å². The lowest BCUT2D eigenvalue weighted by molar-refractivity contribution is -0.123. The van der Waals surface area contributed by atoms with Crippen LogP contribution in [-0.4, -0.2) is 46.1 Å². The van der Waals surface area contributed by atoms with E-state index in [1.807, 2.05) is 6.07 Å². The van der Waals surface area contributed by atoms with Crippen molar-refractivity contribution in [1.82, 2.24) is 4.90 Å². The van der Waals surface area contributed by atoms with Gasteiger partial charge in [0.25, 0.3) is 0 Å². The standard InChI is InChI=1S/C32H23ClN2O5/c1-18(36)19-9-13-24(14-10-19)35-31(39)26-25-17-22(29(37)20-5-3-2-4-6-20)15-16-34(25)28(27(26)32(35)40)30(38)21-7-11-23(33)12-8-21/h2-17,25-28H,1H3/t25-,26-,27+,28-/m0/s1. The Morgan fingerprint density at radius 3 is 2.02 bits per heavy atom. The molecule has 3 aliphatic rings. The molecule has 40 heavy (non-hydrogen) atoms. The van der Waals surface area contributed by atoms with Crippen molar-refractivity contribution in [2.75, 3.05) is 4.90 Å². The van der Waals surface area contributed by atoms with Crippen molar-refractivity contribution in [2.24, 2.45) is 11.8 Å². The smallest absolute Gasteiger partial charge is 0.240 e. The van der Waals surface area contributed by atoms with E-state index in [-0.39, 0.29) is 17.3 Å². The van der Waals surface area contributed by atoms with E-state index >= 15 is 0 Å². The maximum absolute atomic E-state index is 13.9. The number of anilines is 1. The number of fused-ring (bicyclic) bond motifs is 3. The lowest BCUT2D eigenvalue weighted by atomic mass is 9.85. The predicted octanol–water partition coefficient (Wildman–Crippen LogP) is 4.92. The van der Waals surface area contributed by atoms with Gasteiger partial charge in [0.2, 0.25) is 11.8 Å². The first-order chi connectivity index (χ1) is 19.3. The molecule has 3 aromatic rings. The van der Waals surface area contributed by atoms with Gasteiger partial charge in [-0.2, -0.15) is 0 Å². The summed E-state index contributed by atoms with van der Waals surface area (Å²) in [5.74, 6) is -3.48. The van der Waals surface area contributed by atoms with E-state index in [1.165, 1.54) is 6.92 Å². The van der Waals surface area contributed by atoms with E-state index in [9.17, 15) is 24.0 Å². The number of carbonyl (C=O) groups is 5. The summed E-state index contributed by atoms with van der Waals surface area (Å²) in [6.45, 7) is 1.43. The molecule has 2 amide bonds. The van der Waals surface area contributed by atoms with E-state index in [2.05, 4.69) is 0 Å². The van der Waals surface area contributed by atoms with Crippen LogP contribution in [-0.2, 0) is 9.59 Å². The minimum absolute atomic E-state index is 0.137. The van der Waals surface area contributed by atoms with Gasteiger partial charge in [-0.25, -0.2) is 4.90 Å². The van der Waals surface area contributed by atoms with Gasteiger partial charge >= 0.3 is 0 Å². The number of amides is 2. The minimum Gasteiger partial charge on any atom is -0.359 e. The maximum atomic E-state index is 13.9. The number of benzene rings is 3. The lowest BCUT2D eigenvalue weighted by Crippen LogP contribution is -2.46. The highest BCUT2D eigenvalue weighted by atomic mass is 35.5. The van der Waals surface area contributed by atoms with Crippen LogP contribution in [0.1, 0.15) is 38.0 Å². The third-order valence-electron chi connectivity index (χ3n) is 7.78. The number of nitrogens with zero attached hydrogens (tertiary/aromatic N) is 2. The van der Waals surface area contributed by atoms with Crippen LogP contribution in [0.4, 0.5) is 5.69 Å². The monoisotopic (exact) mass is 550 g/mol. The van der Waals surface area contributed by atoms with Crippen LogP contribution in [0, 0.1) is 11.8 Å². The molecule has 198 valence electrons. The van der Waals surface area contributed by atoms with Gasteiger partial charge in [-0.05, 0) is 61.5 Å². The van der Waals surface area contributed by atoms with Crippen molar-refractivity contribution in [3.05, 3.63) is 125 Å². The van der Waals surface area contributed by atoms with Gasteiger partial charge in [-0.3, -0.25) is 24.0 Å². The summed E-state index contributed by atoms with van der Waals surface area (Å²) >= 11 is 6.03. The Labute approximate surface area is 235 Å². The maximum Gasteiger partial charge on any atom is 0.240 e. The summed E-state index contributed by atoms with van der Waals surface area (Å²) in [6.07, 6.45) is 4.96. The number of carbonyl (C=O) groups excluding carboxylic acids is 5. The third kappa shape index (κ3) is 4.10. The van der Waals surface area contributed by atoms with E-state index in [0.717, 1.165) is 4.90 Å². The summed E-state index contributed by atoms with van der Waals surface area (Å²) in [6, 6.07) is 19.8. The first-order valence-corrected chi connectivity index (χ1v) is 13.2. The zero-order valence-corrected chi connectivity index (χ0v) is 22.1. The lowest BCUT2D eigenvalue weighted by Gasteiger charge is -2.32. The molecule has 0 aromatic heterocycles. The van der Waals surface area contributed by atoms with Crippen LogP contribution in [0.3, 0.4) is 0 Å². The van der Waals surface area contributed by atoms with Crippen molar-refractivity contribution in [1.29, 1.82) is 0 Å². The van der Waals surface area contributed by atoms with E-state index in [0.29, 0.717) is 33.0 Å². The summed E-state index contributed by atoms with van der Waals surface area (Å²) < 4.78 is 0. The van der Waals surface area contributed by atoms with E-state index in [1.54, 1.807) is 96.0 Å². The first kappa shape index (κ1) is 25.6. The van der Waals surface area contributed by atoms with Gasteiger partial charge in [-0.1, -0.05) is 48.0 Å². The molecule has 2 saturated heterocycles. The fraction of sp³-hybridized carbons (Fsp3) is 0.156. The van der Waals surface area contributed by atoms with Gasteiger partial charge in [0.1, 0.15) is 6.04 Å². The van der Waals surface area contributed by atoms with Gasteiger partial charge in [0.05, 0.1) is 23.6 Å². The summed E-state index contributed by atoms with van der Waals surface area (Å²) in [5.41, 5.74) is 2.03. The number of hydrogen-bond donors (Lipinski definition) is 0. The molecule has 0 N–H and O–H groups in total. The normalized spacial score (nSPS) is 23.1. The molecule has 0 bridgehead atoms. The number of rotatable bonds is 6. The van der Waals surface area contributed by atoms with Gasteiger partial charge < -0.3 is 4.90 Å². The minimum atomic E-state index is -0.972. The highest BCUT2D eigenvalue weighted by Crippen LogP contribution is 2.47. The Hall–Kier alpha value is -4.62. The molecule has 6 rings (SSSR count). The fourth-order valence-corrected chi connectivity index (χ4v) is 5.96. The largest absolute Gasteiger partial charge is 0.359 e. The second-order valence-electron chi connectivity index (χ2n) is 10.1. The Bertz CT molecular complexity index is 1630. The summed E-state index contributed by atoms with van der Waals surface area (Å²) in [5, 5.41) is 0.468. The molecule has 0 radical (unpaired) electrons. The predicted molar refractivity (Wildman–Crippen MR) is 149 cm³/mol. The molecule has 3 aliphatic heterocycles. The fourth-order valence-electron chi connectivity index (χ4n) is 5.84. The molecule has 3 heterocycles.